The molecule has 0 amide bonds. The van der Waals surface area contributed by atoms with Crippen molar-refractivity contribution >= 4 is 9.84 Å². The molecule has 0 saturated heterocycles. The van der Waals surface area contributed by atoms with E-state index in [1.807, 2.05) is 4.68 Å². The molecule has 19 heavy (non-hydrogen) atoms. The number of fused-ring (bicyclic) bond motifs is 1. The molecule has 0 radical (unpaired) electrons. The van der Waals surface area contributed by atoms with Crippen molar-refractivity contribution in [2.75, 3.05) is 18.6 Å². The zero-order valence-electron chi connectivity index (χ0n) is 11.8. The first-order valence-electron chi connectivity index (χ1n) is 6.70. The van der Waals surface area contributed by atoms with Crippen LogP contribution in [0.15, 0.2) is 0 Å². The van der Waals surface area contributed by atoms with Crippen LogP contribution in [-0.4, -0.2) is 47.8 Å². The molecule has 0 aromatic carbocycles. The Morgan fingerprint density at radius 3 is 2.84 bits per heavy atom. The Morgan fingerprint density at radius 2 is 2.21 bits per heavy atom. The monoisotopic (exact) mass is 286 g/mol. The van der Waals surface area contributed by atoms with Crippen molar-refractivity contribution in [1.82, 2.24) is 20.1 Å². The average molecular weight is 286 g/mol. The summed E-state index contributed by atoms with van der Waals surface area (Å²) in [5.41, 5.74) is 0. The van der Waals surface area contributed by atoms with Gasteiger partial charge in [-0.05, 0) is 6.42 Å². The van der Waals surface area contributed by atoms with Crippen LogP contribution in [0.1, 0.15) is 37.8 Å². The summed E-state index contributed by atoms with van der Waals surface area (Å²) in [4.78, 5) is 4.53. The number of nitrogens with one attached hydrogen (secondary N) is 1. The summed E-state index contributed by atoms with van der Waals surface area (Å²) in [6, 6.07) is 0.288. The third-order valence-corrected chi connectivity index (χ3v) is 4.24. The van der Waals surface area contributed by atoms with Crippen LogP contribution in [-0.2, 0) is 22.8 Å². The van der Waals surface area contributed by atoms with Gasteiger partial charge in [-0.25, -0.2) is 18.1 Å². The van der Waals surface area contributed by atoms with Gasteiger partial charge >= 0.3 is 0 Å². The highest BCUT2D eigenvalue weighted by atomic mass is 32.2. The molecule has 0 bridgehead atoms. The molecule has 1 aliphatic rings. The van der Waals surface area contributed by atoms with E-state index in [0.717, 1.165) is 31.0 Å². The number of aryl methyl sites for hydroxylation is 1. The topological polar surface area (TPSA) is 76.9 Å². The average Bonchev–Trinajstić information content (AvgIpc) is 2.70. The van der Waals surface area contributed by atoms with Gasteiger partial charge in [0.2, 0.25) is 0 Å². The minimum Gasteiger partial charge on any atom is -0.311 e. The van der Waals surface area contributed by atoms with Crippen molar-refractivity contribution in [2.45, 2.75) is 45.2 Å². The summed E-state index contributed by atoms with van der Waals surface area (Å²) in [6.45, 7) is 5.45. The molecule has 0 aliphatic carbocycles. The van der Waals surface area contributed by atoms with Gasteiger partial charge in [0, 0.05) is 31.2 Å². The maximum absolute atomic E-state index is 11.1. The molecule has 0 unspecified atom stereocenters. The standard InChI is InChI=1S/C12H22N4O2S/c1-9(2)12-14-11-5-4-10(8-16(11)15-12)13-6-7-19(3,17)18/h9-10,13H,4-8H2,1-3H3/t10-/m0/s1. The molecule has 1 atom stereocenters. The first kappa shape index (κ1) is 14.5. The van der Waals surface area contributed by atoms with Gasteiger partial charge in [0.1, 0.15) is 15.7 Å². The molecule has 0 saturated carbocycles. The normalized spacial score (nSPS) is 19.7. The molecular formula is C12H22N4O2S. The van der Waals surface area contributed by atoms with E-state index in [9.17, 15) is 8.42 Å². The van der Waals surface area contributed by atoms with Crippen LogP contribution in [0.3, 0.4) is 0 Å². The number of sulfone groups is 1. The van der Waals surface area contributed by atoms with Gasteiger partial charge in [-0.15, -0.1) is 0 Å². The fraction of sp³-hybridized carbons (Fsp3) is 0.833. The van der Waals surface area contributed by atoms with Crippen LogP contribution < -0.4 is 5.32 Å². The number of hydrogen-bond acceptors (Lipinski definition) is 5. The molecule has 6 nitrogen and oxygen atoms in total. The van der Waals surface area contributed by atoms with Gasteiger partial charge in [0.15, 0.2) is 5.82 Å². The van der Waals surface area contributed by atoms with Crippen molar-refractivity contribution in [3.8, 4) is 0 Å². The third kappa shape index (κ3) is 4.01. The van der Waals surface area contributed by atoms with E-state index in [4.69, 9.17) is 0 Å². The number of hydrogen-bond donors (Lipinski definition) is 1. The number of aromatic nitrogens is 3. The lowest BCUT2D eigenvalue weighted by Gasteiger charge is -2.23. The molecule has 2 heterocycles. The summed E-state index contributed by atoms with van der Waals surface area (Å²) in [7, 11) is -2.89. The number of rotatable bonds is 5. The third-order valence-electron chi connectivity index (χ3n) is 3.30. The van der Waals surface area contributed by atoms with Crippen molar-refractivity contribution in [3.05, 3.63) is 11.6 Å². The van der Waals surface area contributed by atoms with Crippen LogP contribution in [0, 0.1) is 0 Å². The van der Waals surface area contributed by atoms with Crippen molar-refractivity contribution in [2.24, 2.45) is 0 Å². The smallest absolute Gasteiger partial charge is 0.153 e. The van der Waals surface area contributed by atoms with Crippen LogP contribution in [0.4, 0.5) is 0 Å². The van der Waals surface area contributed by atoms with Crippen molar-refractivity contribution in [3.63, 3.8) is 0 Å². The highest BCUT2D eigenvalue weighted by Crippen LogP contribution is 2.16. The van der Waals surface area contributed by atoms with Gasteiger partial charge in [0.05, 0.1) is 12.3 Å². The second-order valence-corrected chi connectivity index (χ2v) is 7.80. The second-order valence-electron chi connectivity index (χ2n) is 5.54. The lowest BCUT2D eigenvalue weighted by atomic mass is 10.1. The van der Waals surface area contributed by atoms with Crippen molar-refractivity contribution < 1.29 is 8.42 Å². The fourth-order valence-corrected chi connectivity index (χ4v) is 2.68. The molecule has 1 aromatic rings. The van der Waals surface area contributed by atoms with Gasteiger partial charge in [-0.1, -0.05) is 13.8 Å². The Bertz CT molecular complexity index is 536. The first-order valence-corrected chi connectivity index (χ1v) is 8.76. The Kier molecular flexibility index (Phi) is 4.25. The van der Waals surface area contributed by atoms with E-state index in [0.29, 0.717) is 12.5 Å². The van der Waals surface area contributed by atoms with Gasteiger partial charge in [-0.3, -0.25) is 0 Å². The zero-order valence-corrected chi connectivity index (χ0v) is 12.6. The Labute approximate surface area is 114 Å². The fourth-order valence-electron chi connectivity index (χ4n) is 2.19. The summed E-state index contributed by atoms with van der Waals surface area (Å²) in [6.07, 6.45) is 3.15. The van der Waals surface area contributed by atoms with Crippen LogP contribution in [0.25, 0.3) is 0 Å². The molecule has 108 valence electrons. The quantitative estimate of drug-likeness (QED) is 0.845. The van der Waals surface area contributed by atoms with E-state index in [1.54, 1.807) is 0 Å². The molecule has 0 spiro atoms. The molecular weight excluding hydrogens is 264 g/mol. The minimum atomic E-state index is -2.89. The van der Waals surface area contributed by atoms with E-state index < -0.39 is 9.84 Å². The number of nitrogens with zero attached hydrogens (tertiary/aromatic N) is 3. The molecule has 1 N–H and O–H groups in total. The van der Waals surface area contributed by atoms with E-state index in [1.165, 1.54) is 6.26 Å². The van der Waals surface area contributed by atoms with E-state index in [2.05, 4.69) is 29.2 Å². The molecule has 7 heteroatoms. The van der Waals surface area contributed by atoms with Gasteiger partial charge in [0.25, 0.3) is 0 Å². The second kappa shape index (κ2) is 5.58. The van der Waals surface area contributed by atoms with Crippen LogP contribution >= 0.6 is 0 Å². The lowest BCUT2D eigenvalue weighted by molar-refractivity contribution is 0.364. The molecule has 2 rings (SSSR count). The summed E-state index contributed by atoms with van der Waals surface area (Å²) < 4.78 is 24.1. The Balaban J connectivity index is 1.91. The Hall–Kier alpha value is -0.950. The maximum atomic E-state index is 11.1. The summed E-state index contributed by atoms with van der Waals surface area (Å²) >= 11 is 0. The van der Waals surface area contributed by atoms with E-state index >= 15 is 0 Å². The Morgan fingerprint density at radius 1 is 1.47 bits per heavy atom. The lowest BCUT2D eigenvalue weighted by Crippen LogP contribution is -2.39. The zero-order chi connectivity index (χ0) is 14.0. The van der Waals surface area contributed by atoms with Crippen LogP contribution in [0.5, 0.6) is 0 Å². The first-order chi connectivity index (χ1) is 8.85. The SMILES string of the molecule is CC(C)c1nc2n(n1)C[C@@H](NCCS(C)(=O)=O)CC2. The minimum absolute atomic E-state index is 0.185. The largest absolute Gasteiger partial charge is 0.311 e. The highest BCUT2D eigenvalue weighted by Gasteiger charge is 2.22. The summed E-state index contributed by atoms with van der Waals surface area (Å²) in [5.74, 6) is 2.47. The van der Waals surface area contributed by atoms with Gasteiger partial charge < -0.3 is 5.32 Å². The van der Waals surface area contributed by atoms with Crippen molar-refractivity contribution in [1.29, 1.82) is 0 Å². The predicted octanol–water partition coefficient (Wildman–Crippen LogP) is 0.351. The van der Waals surface area contributed by atoms with Gasteiger partial charge in [-0.2, -0.15) is 5.10 Å². The molecule has 1 aromatic heterocycles. The van der Waals surface area contributed by atoms with Crippen LogP contribution in [0.2, 0.25) is 0 Å². The molecule has 1 aliphatic heterocycles. The highest BCUT2D eigenvalue weighted by molar-refractivity contribution is 7.90. The van der Waals surface area contributed by atoms with E-state index in [-0.39, 0.29) is 11.8 Å². The molecule has 0 fully saturated rings. The maximum Gasteiger partial charge on any atom is 0.153 e. The predicted molar refractivity (Wildman–Crippen MR) is 73.9 cm³/mol. The summed E-state index contributed by atoms with van der Waals surface area (Å²) in [5, 5.41) is 7.79.